The third kappa shape index (κ3) is 1.76. The summed E-state index contributed by atoms with van der Waals surface area (Å²) in [4.78, 5) is 14.2. The monoisotopic (exact) mass is 229 g/mol. The molecule has 0 aliphatic heterocycles. The highest BCUT2D eigenvalue weighted by atomic mass is 16.2. The molecule has 0 N–H and O–H groups in total. The van der Waals surface area contributed by atoms with E-state index in [9.17, 15) is 4.79 Å². The van der Waals surface area contributed by atoms with Crippen molar-refractivity contribution in [3.8, 4) is 0 Å². The number of aryl methyl sites for hydroxylation is 1. The molecule has 90 valence electrons. The Kier molecular flexibility index (Phi) is 2.65. The van der Waals surface area contributed by atoms with Crippen LogP contribution in [0.2, 0.25) is 0 Å². The highest BCUT2D eigenvalue weighted by Crippen LogP contribution is 2.37. The number of nitrogens with zero attached hydrogens (tertiary/aromatic N) is 1. The van der Waals surface area contributed by atoms with Gasteiger partial charge in [0.1, 0.15) is 0 Å². The Labute approximate surface area is 103 Å². The van der Waals surface area contributed by atoms with E-state index < -0.39 is 0 Å². The molecule has 2 aliphatic rings. The molecule has 1 amide bonds. The van der Waals surface area contributed by atoms with Gasteiger partial charge in [-0.05, 0) is 36.8 Å². The lowest BCUT2D eigenvalue weighted by atomic mass is 9.84. The van der Waals surface area contributed by atoms with Gasteiger partial charge in [0, 0.05) is 13.0 Å². The molecule has 1 unspecified atom stereocenters. The van der Waals surface area contributed by atoms with Gasteiger partial charge in [-0.1, -0.05) is 30.7 Å². The molecule has 2 nitrogen and oxygen atoms in total. The molecule has 1 aromatic carbocycles. The SMILES string of the molecule is CN(C(=O)C1CCC1)C1CCc2ccccc21. The van der Waals surface area contributed by atoms with Crippen molar-refractivity contribution in [2.45, 2.75) is 38.1 Å². The molecule has 0 aromatic heterocycles. The van der Waals surface area contributed by atoms with Gasteiger partial charge in [-0.2, -0.15) is 0 Å². The van der Waals surface area contributed by atoms with E-state index in [1.165, 1.54) is 17.5 Å². The first-order valence-corrected chi connectivity index (χ1v) is 6.62. The number of benzene rings is 1. The molecule has 0 spiro atoms. The Morgan fingerprint density at radius 1 is 1.24 bits per heavy atom. The lowest BCUT2D eigenvalue weighted by Crippen LogP contribution is -2.38. The maximum atomic E-state index is 12.2. The number of hydrogen-bond acceptors (Lipinski definition) is 1. The molecular formula is C15H19NO. The van der Waals surface area contributed by atoms with E-state index in [0.29, 0.717) is 17.9 Å². The molecule has 2 heteroatoms. The molecule has 3 rings (SSSR count). The van der Waals surface area contributed by atoms with Gasteiger partial charge in [-0.15, -0.1) is 0 Å². The van der Waals surface area contributed by atoms with Crippen LogP contribution in [0.1, 0.15) is 42.9 Å². The van der Waals surface area contributed by atoms with Gasteiger partial charge in [0.15, 0.2) is 0 Å². The molecule has 17 heavy (non-hydrogen) atoms. The van der Waals surface area contributed by atoms with Crippen molar-refractivity contribution >= 4 is 5.91 Å². The van der Waals surface area contributed by atoms with Crippen LogP contribution in [0.15, 0.2) is 24.3 Å². The zero-order valence-corrected chi connectivity index (χ0v) is 10.4. The lowest BCUT2D eigenvalue weighted by molar-refractivity contribution is -0.139. The van der Waals surface area contributed by atoms with E-state index in [4.69, 9.17) is 0 Å². The molecular weight excluding hydrogens is 210 g/mol. The predicted octanol–water partition coefficient (Wildman–Crippen LogP) is 2.93. The molecule has 1 aromatic rings. The predicted molar refractivity (Wildman–Crippen MR) is 67.6 cm³/mol. The Balaban J connectivity index is 1.79. The smallest absolute Gasteiger partial charge is 0.225 e. The standard InChI is InChI=1S/C15H19NO/c1-16(15(17)12-6-4-7-12)14-10-9-11-5-2-3-8-13(11)14/h2-3,5,8,12,14H,4,6-7,9-10H2,1H3. The summed E-state index contributed by atoms with van der Waals surface area (Å²) < 4.78 is 0. The Morgan fingerprint density at radius 2 is 2.00 bits per heavy atom. The van der Waals surface area contributed by atoms with Crippen molar-refractivity contribution in [3.05, 3.63) is 35.4 Å². The number of hydrogen-bond donors (Lipinski definition) is 0. The Morgan fingerprint density at radius 3 is 2.71 bits per heavy atom. The van der Waals surface area contributed by atoms with Gasteiger partial charge < -0.3 is 4.90 Å². The summed E-state index contributed by atoms with van der Waals surface area (Å²) in [6, 6.07) is 8.86. The molecule has 1 atom stereocenters. The summed E-state index contributed by atoms with van der Waals surface area (Å²) >= 11 is 0. The number of carbonyl (C=O) groups excluding carboxylic acids is 1. The maximum Gasteiger partial charge on any atom is 0.225 e. The molecule has 0 radical (unpaired) electrons. The molecule has 2 aliphatic carbocycles. The highest BCUT2D eigenvalue weighted by Gasteiger charge is 2.33. The van der Waals surface area contributed by atoms with Crippen LogP contribution >= 0.6 is 0 Å². The largest absolute Gasteiger partial charge is 0.338 e. The zero-order chi connectivity index (χ0) is 11.8. The van der Waals surface area contributed by atoms with Gasteiger partial charge in [-0.25, -0.2) is 0 Å². The van der Waals surface area contributed by atoms with Crippen molar-refractivity contribution in [3.63, 3.8) is 0 Å². The minimum absolute atomic E-state index is 0.313. The van der Waals surface area contributed by atoms with Crippen LogP contribution in [0.3, 0.4) is 0 Å². The van der Waals surface area contributed by atoms with E-state index in [2.05, 4.69) is 24.3 Å². The van der Waals surface area contributed by atoms with Crippen molar-refractivity contribution in [2.24, 2.45) is 5.92 Å². The van der Waals surface area contributed by atoms with E-state index in [0.717, 1.165) is 25.7 Å². The molecule has 1 fully saturated rings. The van der Waals surface area contributed by atoms with Crippen molar-refractivity contribution in [2.75, 3.05) is 7.05 Å². The number of amides is 1. The summed E-state index contributed by atoms with van der Waals surface area (Å²) in [6.07, 6.45) is 5.62. The van der Waals surface area contributed by atoms with E-state index in [1.54, 1.807) is 0 Å². The average Bonchev–Trinajstić information content (AvgIpc) is 2.69. The zero-order valence-electron chi connectivity index (χ0n) is 10.4. The third-order valence-electron chi connectivity index (χ3n) is 4.37. The van der Waals surface area contributed by atoms with Gasteiger partial charge in [0.05, 0.1) is 6.04 Å². The summed E-state index contributed by atoms with van der Waals surface area (Å²) in [5, 5.41) is 0. The second-order valence-electron chi connectivity index (χ2n) is 5.33. The number of fused-ring (bicyclic) bond motifs is 1. The normalized spacial score (nSPS) is 23.0. The minimum atomic E-state index is 0.313. The van der Waals surface area contributed by atoms with Crippen LogP contribution in [-0.2, 0) is 11.2 Å². The fraction of sp³-hybridized carbons (Fsp3) is 0.533. The first-order valence-electron chi connectivity index (χ1n) is 6.62. The first kappa shape index (κ1) is 10.8. The van der Waals surface area contributed by atoms with Gasteiger partial charge in [0.25, 0.3) is 0 Å². The van der Waals surface area contributed by atoms with Crippen LogP contribution < -0.4 is 0 Å². The summed E-state index contributed by atoms with van der Waals surface area (Å²) in [5.41, 5.74) is 2.79. The van der Waals surface area contributed by atoms with Gasteiger partial charge in [0.2, 0.25) is 5.91 Å². The molecule has 1 saturated carbocycles. The molecule has 0 bridgehead atoms. The van der Waals surface area contributed by atoms with E-state index in [-0.39, 0.29) is 0 Å². The van der Waals surface area contributed by atoms with Crippen LogP contribution in [0.25, 0.3) is 0 Å². The Hall–Kier alpha value is -1.31. The van der Waals surface area contributed by atoms with Crippen molar-refractivity contribution in [1.29, 1.82) is 0 Å². The van der Waals surface area contributed by atoms with Gasteiger partial charge >= 0.3 is 0 Å². The van der Waals surface area contributed by atoms with E-state index >= 15 is 0 Å². The van der Waals surface area contributed by atoms with Crippen molar-refractivity contribution in [1.82, 2.24) is 4.90 Å². The molecule has 0 heterocycles. The van der Waals surface area contributed by atoms with Crippen molar-refractivity contribution < 1.29 is 4.79 Å². The van der Waals surface area contributed by atoms with Crippen LogP contribution in [0.5, 0.6) is 0 Å². The van der Waals surface area contributed by atoms with E-state index in [1.807, 2.05) is 11.9 Å². The van der Waals surface area contributed by atoms with Gasteiger partial charge in [-0.3, -0.25) is 4.79 Å². The topological polar surface area (TPSA) is 20.3 Å². The number of carbonyl (C=O) groups is 1. The second-order valence-corrected chi connectivity index (χ2v) is 5.33. The minimum Gasteiger partial charge on any atom is -0.338 e. The lowest BCUT2D eigenvalue weighted by Gasteiger charge is -2.33. The summed E-state index contributed by atoms with van der Waals surface area (Å²) in [5.74, 6) is 0.672. The third-order valence-corrected chi connectivity index (χ3v) is 4.37. The average molecular weight is 229 g/mol. The quantitative estimate of drug-likeness (QED) is 0.763. The van der Waals surface area contributed by atoms with Crippen LogP contribution in [0.4, 0.5) is 0 Å². The Bertz CT molecular complexity index is 436. The fourth-order valence-electron chi connectivity index (χ4n) is 3.03. The summed E-state index contributed by atoms with van der Waals surface area (Å²) in [6.45, 7) is 0. The maximum absolute atomic E-state index is 12.2. The fourth-order valence-corrected chi connectivity index (χ4v) is 3.03. The number of rotatable bonds is 2. The summed E-state index contributed by atoms with van der Waals surface area (Å²) in [7, 11) is 1.98. The molecule has 0 saturated heterocycles. The van der Waals surface area contributed by atoms with Crippen LogP contribution in [-0.4, -0.2) is 17.9 Å². The second kappa shape index (κ2) is 4.17. The first-order chi connectivity index (χ1) is 8.27. The highest BCUT2D eigenvalue weighted by molar-refractivity contribution is 5.80. The van der Waals surface area contributed by atoms with Crippen LogP contribution in [0, 0.1) is 5.92 Å².